The highest BCUT2D eigenvalue weighted by atomic mass is 19.4. The number of carbonyl (C=O) groups is 1. The molecule has 10 heteroatoms. The Morgan fingerprint density at radius 1 is 1.12 bits per heavy atom. The molecule has 32 heavy (non-hydrogen) atoms. The summed E-state index contributed by atoms with van der Waals surface area (Å²) in [7, 11) is 0. The molecule has 1 fully saturated rings. The minimum absolute atomic E-state index is 0.0706. The van der Waals surface area contributed by atoms with E-state index in [2.05, 4.69) is 20.0 Å². The number of alkyl halides is 3. The van der Waals surface area contributed by atoms with E-state index in [0.29, 0.717) is 56.9 Å². The van der Waals surface area contributed by atoms with E-state index >= 15 is 0 Å². The predicted molar refractivity (Wildman–Crippen MR) is 112 cm³/mol. The number of aromatic nitrogens is 4. The fourth-order valence-corrected chi connectivity index (χ4v) is 4.17. The second kappa shape index (κ2) is 8.85. The van der Waals surface area contributed by atoms with Crippen molar-refractivity contribution in [1.29, 1.82) is 0 Å². The molecule has 0 spiro atoms. The van der Waals surface area contributed by atoms with Crippen LogP contribution in [0.15, 0.2) is 30.6 Å². The minimum Gasteiger partial charge on any atom is -0.340 e. The lowest BCUT2D eigenvalue weighted by molar-refractivity contribution is -0.137. The number of hydrogen-bond acceptors (Lipinski definition) is 5. The maximum atomic E-state index is 12.9. The molecular weight excluding hydrogens is 421 g/mol. The van der Waals surface area contributed by atoms with Crippen LogP contribution in [0.4, 0.5) is 13.2 Å². The molecule has 0 N–H and O–H groups in total. The average Bonchev–Trinajstić information content (AvgIpc) is 3.22. The molecule has 1 aliphatic heterocycles. The van der Waals surface area contributed by atoms with Crippen LogP contribution in [0.5, 0.6) is 0 Å². The molecule has 4 rings (SSSR count). The lowest BCUT2D eigenvalue weighted by atomic mass is 10.1. The summed E-state index contributed by atoms with van der Waals surface area (Å²) in [6, 6.07) is 5.42. The summed E-state index contributed by atoms with van der Waals surface area (Å²) in [6.07, 6.45) is -1.94. The third-order valence-electron chi connectivity index (χ3n) is 5.96. The van der Waals surface area contributed by atoms with Crippen molar-refractivity contribution in [3.8, 4) is 0 Å². The number of hydrogen-bond donors (Lipinski definition) is 0. The van der Waals surface area contributed by atoms with Crippen LogP contribution in [0.1, 0.15) is 34.5 Å². The minimum atomic E-state index is -4.34. The molecule has 0 atom stereocenters. The van der Waals surface area contributed by atoms with Crippen molar-refractivity contribution in [2.75, 3.05) is 26.2 Å². The van der Waals surface area contributed by atoms with Gasteiger partial charge in [0.2, 0.25) is 5.91 Å². The molecule has 7 nitrogen and oxygen atoms in total. The summed E-state index contributed by atoms with van der Waals surface area (Å²) < 4.78 is 40.4. The normalized spacial score (nSPS) is 15.5. The van der Waals surface area contributed by atoms with Crippen molar-refractivity contribution >= 4 is 11.7 Å². The van der Waals surface area contributed by atoms with E-state index in [4.69, 9.17) is 0 Å². The molecule has 0 unspecified atom stereocenters. The third kappa shape index (κ3) is 4.74. The maximum absolute atomic E-state index is 12.9. The van der Waals surface area contributed by atoms with Gasteiger partial charge in [-0.1, -0.05) is 18.2 Å². The number of amides is 1. The molecule has 0 radical (unpaired) electrons. The summed E-state index contributed by atoms with van der Waals surface area (Å²) in [5.74, 6) is 0.619. The summed E-state index contributed by atoms with van der Waals surface area (Å²) in [5.41, 5.74) is 2.78. The monoisotopic (exact) mass is 446 g/mol. The molecule has 2 aromatic heterocycles. The van der Waals surface area contributed by atoms with Gasteiger partial charge in [-0.2, -0.15) is 23.3 Å². The lowest BCUT2D eigenvalue weighted by Crippen LogP contribution is -2.48. The number of rotatable bonds is 5. The predicted octanol–water partition coefficient (Wildman–Crippen LogP) is 3.04. The van der Waals surface area contributed by atoms with Crippen LogP contribution in [-0.2, 0) is 23.9 Å². The molecule has 1 aliphatic rings. The molecule has 1 aromatic carbocycles. The van der Waals surface area contributed by atoms with Crippen LogP contribution in [0.3, 0.4) is 0 Å². The van der Waals surface area contributed by atoms with Crippen LogP contribution in [-0.4, -0.2) is 61.5 Å². The number of piperazine rings is 1. The fourth-order valence-electron chi connectivity index (χ4n) is 4.17. The van der Waals surface area contributed by atoms with Gasteiger partial charge in [0.1, 0.15) is 6.33 Å². The number of aryl methyl sites for hydroxylation is 2. The second-order valence-electron chi connectivity index (χ2n) is 8.09. The summed E-state index contributed by atoms with van der Waals surface area (Å²) in [4.78, 5) is 25.2. The first kappa shape index (κ1) is 22.2. The number of nitrogens with zero attached hydrogens (tertiary/aromatic N) is 6. The maximum Gasteiger partial charge on any atom is 0.416 e. The van der Waals surface area contributed by atoms with Crippen molar-refractivity contribution in [2.24, 2.45) is 0 Å². The summed E-state index contributed by atoms with van der Waals surface area (Å²) >= 11 is 0. The fraction of sp³-hybridized carbons (Fsp3) is 0.455. The van der Waals surface area contributed by atoms with Crippen LogP contribution in [0, 0.1) is 13.8 Å². The Labute approximate surface area is 183 Å². The third-order valence-corrected chi connectivity index (χ3v) is 5.96. The topological polar surface area (TPSA) is 66.6 Å². The van der Waals surface area contributed by atoms with Gasteiger partial charge in [0, 0.05) is 50.5 Å². The standard InChI is InChI=1S/C22H25F3N6O/c1-15-19(16(2)31-21(28-15)26-14-27-31)6-7-20(32)30-10-8-29(9-11-30)13-17-4-3-5-18(12-17)22(23,24)25/h3-5,12,14H,6-11,13H2,1-2H3. The zero-order valence-electron chi connectivity index (χ0n) is 18.1. The largest absolute Gasteiger partial charge is 0.416 e. The van der Waals surface area contributed by atoms with Gasteiger partial charge < -0.3 is 4.90 Å². The first-order valence-corrected chi connectivity index (χ1v) is 10.5. The smallest absolute Gasteiger partial charge is 0.340 e. The Balaban J connectivity index is 1.31. The van der Waals surface area contributed by atoms with E-state index in [1.54, 1.807) is 10.6 Å². The van der Waals surface area contributed by atoms with Gasteiger partial charge in [-0.15, -0.1) is 0 Å². The zero-order valence-corrected chi connectivity index (χ0v) is 18.1. The zero-order chi connectivity index (χ0) is 22.9. The van der Waals surface area contributed by atoms with Gasteiger partial charge in [-0.25, -0.2) is 9.50 Å². The highest BCUT2D eigenvalue weighted by molar-refractivity contribution is 5.76. The summed E-state index contributed by atoms with van der Waals surface area (Å²) in [5, 5.41) is 4.18. The van der Waals surface area contributed by atoms with Crippen molar-refractivity contribution in [3.05, 3.63) is 58.7 Å². The Bertz CT molecular complexity index is 1120. The van der Waals surface area contributed by atoms with E-state index in [0.717, 1.165) is 23.0 Å². The van der Waals surface area contributed by atoms with Crippen LogP contribution in [0.2, 0.25) is 0 Å². The van der Waals surface area contributed by atoms with E-state index in [1.807, 2.05) is 18.7 Å². The second-order valence-corrected chi connectivity index (χ2v) is 8.09. The van der Waals surface area contributed by atoms with Gasteiger partial charge in [-0.05, 0) is 37.5 Å². The molecular formula is C22H25F3N6O. The quantitative estimate of drug-likeness (QED) is 0.603. The highest BCUT2D eigenvalue weighted by Gasteiger charge is 2.30. The summed E-state index contributed by atoms with van der Waals surface area (Å²) in [6.45, 7) is 6.69. The molecule has 1 saturated heterocycles. The van der Waals surface area contributed by atoms with Gasteiger partial charge in [-0.3, -0.25) is 9.69 Å². The Morgan fingerprint density at radius 3 is 2.59 bits per heavy atom. The first-order chi connectivity index (χ1) is 15.2. The van der Waals surface area contributed by atoms with Gasteiger partial charge in [0.25, 0.3) is 5.78 Å². The van der Waals surface area contributed by atoms with Crippen molar-refractivity contribution < 1.29 is 18.0 Å². The van der Waals surface area contributed by atoms with Gasteiger partial charge in [0.05, 0.1) is 5.56 Å². The molecule has 0 saturated carbocycles. The molecule has 3 aromatic rings. The number of carbonyl (C=O) groups excluding carboxylic acids is 1. The molecule has 3 heterocycles. The van der Waals surface area contributed by atoms with Gasteiger partial charge >= 0.3 is 6.18 Å². The number of benzene rings is 1. The Hall–Kier alpha value is -3.01. The van der Waals surface area contributed by atoms with Gasteiger partial charge in [0.15, 0.2) is 0 Å². The van der Waals surface area contributed by atoms with Crippen LogP contribution >= 0.6 is 0 Å². The van der Waals surface area contributed by atoms with Crippen molar-refractivity contribution in [3.63, 3.8) is 0 Å². The number of halogens is 3. The number of fused-ring (bicyclic) bond motifs is 1. The molecule has 0 aliphatic carbocycles. The Morgan fingerprint density at radius 2 is 1.88 bits per heavy atom. The molecule has 1 amide bonds. The SMILES string of the molecule is Cc1nc2ncnn2c(C)c1CCC(=O)N1CCN(Cc2cccc(C(F)(F)F)c2)CC1. The van der Waals surface area contributed by atoms with Crippen molar-refractivity contribution in [1.82, 2.24) is 29.4 Å². The first-order valence-electron chi connectivity index (χ1n) is 10.5. The molecule has 0 bridgehead atoms. The van der Waals surface area contributed by atoms with E-state index in [1.165, 1.54) is 18.5 Å². The van der Waals surface area contributed by atoms with E-state index in [-0.39, 0.29) is 5.91 Å². The highest BCUT2D eigenvalue weighted by Crippen LogP contribution is 2.29. The van der Waals surface area contributed by atoms with Crippen LogP contribution in [0.25, 0.3) is 5.78 Å². The van der Waals surface area contributed by atoms with E-state index in [9.17, 15) is 18.0 Å². The lowest BCUT2D eigenvalue weighted by Gasteiger charge is -2.35. The average molecular weight is 446 g/mol. The van der Waals surface area contributed by atoms with Crippen molar-refractivity contribution in [2.45, 2.75) is 39.4 Å². The van der Waals surface area contributed by atoms with E-state index < -0.39 is 11.7 Å². The Kier molecular flexibility index (Phi) is 6.14. The molecule has 170 valence electrons. The van der Waals surface area contributed by atoms with Crippen LogP contribution < -0.4 is 0 Å².